The quantitative estimate of drug-likeness (QED) is 0.214. The average Bonchev–Trinajstić information content (AvgIpc) is 3.27. The van der Waals surface area contributed by atoms with Gasteiger partial charge in [-0.25, -0.2) is 4.79 Å². The maximum atomic E-state index is 14.1. The minimum Gasteiger partial charge on any atom is -0.468 e. The molecule has 1 N–H and O–H groups in total. The summed E-state index contributed by atoms with van der Waals surface area (Å²) in [5.74, 6) is -1.47. The van der Waals surface area contributed by atoms with Crippen LogP contribution in [0.3, 0.4) is 0 Å². The highest BCUT2D eigenvalue weighted by molar-refractivity contribution is 7.99. The predicted molar refractivity (Wildman–Crippen MR) is 159 cm³/mol. The van der Waals surface area contributed by atoms with Crippen LogP contribution in [0.5, 0.6) is 0 Å². The number of thioether (sulfide) groups is 1. The minimum absolute atomic E-state index is 0.232. The number of ketones is 1. The lowest BCUT2D eigenvalue weighted by Crippen LogP contribution is -2.43. The van der Waals surface area contributed by atoms with Crippen LogP contribution in [0.2, 0.25) is 0 Å². The summed E-state index contributed by atoms with van der Waals surface area (Å²) in [4.78, 5) is 40.5. The Hall–Kier alpha value is -3.52. The summed E-state index contributed by atoms with van der Waals surface area (Å²) in [5.41, 5.74) is 5.33. The van der Waals surface area contributed by atoms with E-state index in [1.54, 1.807) is 11.8 Å². The molecule has 0 saturated heterocycles. The zero-order chi connectivity index (χ0) is 28.6. The van der Waals surface area contributed by atoms with Gasteiger partial charge in [-0.1, -0.05) is 38.1 Å². The van der Waals surface area contributed by atoms with Gasteiger partial charge in [-0.15, -0.1) is 0 Å². The van der Waals surface area contributed by atoms with Crippen molar-refractivity contribution in [1.29, 1.82) is 0 Å². The maximum Gasteiger partial charge on any atom is 0.336 e. The number of benzene rings is 2. The van der Waals surface area contributed by atoms with Gasteiger partial charge >= 0.3 is 11.9 Å². The molecule has 3 atom stereocenters. The van der Waals surface area contributed by atoms with Crippen LogP contribution in [0.4, 0.5) is 0 Å². The number of aryl methyl sites for hydroxylation is 1. The van der Waals surface area contributed by atoms with Crippen molar-refractivity contribution in [2.45, 2.75) is 46.6 Å². The van der Waals surface area contributed by atoms with Crippen molar-refractivity contribution in [1.82, 2.24) is 9.88 Å². The number of methoxy groups -OCH3 is 1. The third-order valence-corrected chi connectivity index (χ3v) is 8.94. The summed E-state index contributed by atoms with van der Waals surface area (Å²) in [5, 5.41) is 5.51. The summed E-state index contributed by atoms with van der Waals surface area (Å²) < 4.78 is 13.0. The average molecular weight is 561 g/mol. The van der Waals surface area contributed by atoms with Crippen molar-refractivity contribution in [3.8, 4) is 0 Å². The third kappa shape index (κ3) is 4.72. The monoisotopic (exact) mass is 560 g/mol. The molecule has 1 aromatic heterocycles. The smallest absolute Gasteiger partial charge is 0.336 e. The Morgan fingerprint density at radius 3 is 2.58 bits per heavy atom. The summed E-state index contributed by atoms with van der Waals surface area (Å²) in [7, 11) is 1.31. The van der Waals surface area contributed by atoms with Gasteiger partial charge in [0.15, 0.2) is 5.78 Å². The van der Waals surface area contributed by atoms with Gasteiger partial charge in [0.25, 0.3) is 0 Å². The lowest BCUT2D eigenvalue weighted by atomic mass is 9.69. The molecule has 2 aromatic carbocycles. The molecular formula is C32H36N2O5S. The van der Waals surface area contributed by atoms with Crippen molar-refractivity contribution in [3.05, 3.63) is 70.6 Å². The van der Waals surface area contributed by atoms with Crippen LogP contribution in [-0.4, -0.2) is 47.5 Å². The number of dihydropyridines is 1. The molecule has 5 rings (SSSR count). The first-order valence-corrected chi connectivity index (χ1v) is 15.1. The maximum absolute atomic E-state index is 14.1. The van der Waals surface area contributed by atoms with E-state index in [4.69, 9.17) is 9.47 Å². The Bertz CT molecular complexity index is 1570. The van der Waals surface area contributed by atoms with Crippen molar-refractivity contribution < 1.29 is 23.9 Å². The number of aromatic nitrogens is 1. The number of allylic oxidation sites excluding steroid dienone is 3. The van der Waals surface area contributed by atoms with Gasteiger partial charge in [0.2, 0.25) is 0 Å². The first-order chi connectivity index (χ1) is 19.3. The number of Topliss-reactive ketones (excluding diaryl/α,β-unsaturated/α-hetero) is 1. The van der Waals surface area contributed by atoms with Crippen LogP contribution >= 0.6 is 11.8 Å². The van der Waals surface area contributed by atoms with Crippen LogP contribution in [0.1, 0.15) is 45.6 Å². The fraction of sp³-hybridized carbons (Fsp3) is 0.406. The second kappa shape index (κ2) is 11.5. The predicted octanol–water partition coefficient (Wildman–Crippen LogP) is 5.72. The lowest BCUT2D eigenvalue weighted by Gasteiger charge is -2.38. The molecule has 0 radical (unpaired) electrons. The van der Waals surface area contributed by atoms with Crippen molar-refractivity contribution in [2.24, 2.45) is 11.8 Å². The third-order valence-electron chi connectivity index (χ3n) is 8.07. The van der Waals surface area contributed by atoms with Crippen LogP contribution in [0, 0.1) is 11.8 Å². The van der Waals surface area contributed by atoms with Gasteiger partial charge in [0.05, 0.1) is 12.7 Å². The van der Waals surface area contributed by atoms with Crippen LogP contribution in [-0.2, 0) is 30.4 Å². The number of fused-ring (bicyclic) bond motifs is 3. The number of nitrogens with zero attached hydrogens (tertiary/aromatic N) is 1. The SMILES string of the molecule is CCSCCOC(=O)C1=C(C)NC2=C(C(=O)[C@@H](C(=O)OC)[C@@H](C)C2)[C@@H]1c1ccc2c(c1)c1ccccc1n2CC. The molecule has 7 nitrogen and oxygen atoms in total. The largest absolute Gasteiger partial charge is 0.468 e. The first-order valence-electron chi connectivity index (χ1n) is 13.9. The van der Waals surface area contributed by atoms with Gasteiger partial charge < -0.3 is 19.4 Å². The van der Waals surface area contributed by atoms with Gasteiger partial charge in [-0.2, -0.15) is 11.8 Å². The van der Waals surface area contributed by atoms with Crippen LogP contribution in [0.15, 0.2) is 65.0 Å². The van der Waals surface area contributed by atoms with E-state index in [1.165, 1.54) is 7.11 Å². The molecular weight excluding hydrogens is 524 g/mol. The summed E-state index contributed by atoms with van der Waals surface area (Å²) in [6, 6.07) is 14.4. The molecule has 0 spiro atoms. The van der Waals surface area contributed by atoms with Crippen molar-refractivity contribution >= 4 is 51.3 Å². The minimum atomic E-state index is -0.921. The summed E-state index contributed by atoms with van der Waals surface area (Å²) >= 11 is 1.70. The number of ether oxygens (including phenoxy) is 2. The standard InChI is InChI=1S/C32H36N2O5S/c1-6-34-24-11-9-8-10-21(24)22-17-20(12-13-25(22)34)28-27(32(37)39-14-15-40-7-2)19(4)33-23-16-18(3)26(31(36)38-5)30(35)29(23)28/h8-13,17-18,26,28,33H,6-7,14-16H2,1-5H3/t18-,26-,28+/m0/s1. The molecule has 2 heterocycles. The lowest BCUT2D eigenvalue weighted by molar-refractivity contribution is -0.151. The van der Waals surface area contributed by atoms with Crippen molar-refractivity contribution in [2.75, 3.05) is 25.2 Å². The Morgan fingerprint density at radius 2 is 1.85 bits per heavy atom. The Kier molecular flexibility index (Phi) is 8.08. The second-order valence-corrected chi connectivity index (χ2v) is 11.8. The summed E-state index contributed by atoms with van der Waals surface area (Å²) in [6.07, 6.45) is 0.502. The number of hydrogen-bond acceptors (Lipinski definition) is 7. The Balaban J connectivity index is 1.68. The van der Waals surface area contributed by atoms with Gasteiger partial charge in [0, 0.05) is 57.0 Å². The molecule has 0 fully saturated rings. The Morgan fingerprint density at radius 1 is 1.10 bits per heavy atom. The van der Waals surface area contributed by atoms with E-state index < -0.39 is 23.8 Å². The normalized spacial score (nSPS) is 21.0. The topological polar surface area (TPSA) is 86.6 Å². The molecule has 0 saturated carbocycles. The molecule has 0 bridgehead atoms. The van der Waals surface area contributed by atoms with Crippen LogP contribution in [0.25, 0.3) is 21.8 Å². The first kappa shape index (κ1) is 28.0. The fourth-order valence-electron chi connectivity index (χ4n) is 6.29. The van der Waals surface area contributed by atoms with E-state index in [1.807, 2.05) is 32.0 Å². The van der Waals surface area contributed by atoms with E-state index >= 15 is 0 Å². The van der Waals surface area contributed by atoms with Gasteiger partial charge in [-0.05, 0) is 55.7 Å². The molecule has 40 heavy (non-hydrogen) atoms. The number of carbonyl (C=O) groups excluding carboxylic acids is 3. The van der Waals surface area contributed by atoms with Gasteiger partial charge in [0.1, 0.15) is 12.5 Å². The van der Waals surface area contributed by atoms with E-state index in [0.29, 0.717) is 29.0 Å². The number of para-hydroxylation sites is 1. The molecule has 3 aromatic rings. The second-order valence-electron chi connectivity index (χ2n) is 10.4. The van der Waals surface area contributed by atoms with Crippen LogP contribution < -0.4 is 5.32 Å². The number of nitrogens with one attached hydrogen (secondary N) is 1. The van der Waals surface area contributed by atoms with E-state index in [-0.39, 0.29) is 18.3 Å². The molecule has 0 amide bonds. The molecule has 210 valence electrons. The summed E-state index contributed by atoms with van der Waals surface area (Å²) in [6.45, 7) is 9.03. The zero-order valence-electron chi connectivity index (χ0n) is 23.7. The molecule has 8 heteroatoms. The highest BCUT2D eigenvalue weighted by Crippen LogP contribution is 2.46. The highest BCUT2D eigenvalue weighted by Gasteiger charge is 2.47. The zero-order valence-corrected chi connectivity index (χ0v) is 24.5. The number of esters is 2. The van der Waals surface area contributed by atoms with Gasteiger partial charge in [-0.3, -0.25) is 9.59 Å². The molecule has 1 aliphatic heterocycles. The number of hydrogen-bond donors (Lipinski definition) is 1. The molecule has 0 unspecified atom stereocenters. The van der Waals surface area contributed by atoms with Crippen molar-refractivity contribution in [3.63, 3.8) is 0 Å². The molecule has 2 aliphatic rings. The fourth-order valence-corrected chi connectivity index (χ4v) is 6.78. The number of carbonyl (C=O) groups is 3. The highest BCUT2D eigenvalue weighted by atomic mass is 32.2. The molecule has 1 aliphatic carbocycles. The van der Waals surface area contributed by atoms with E-state index in [9.17, 15) is 14.4 Å². The van der Waals surface area contributed by atoms with E-state index in [0.717, 1.165) is 45.4 Å². The number of rotatable bonds is 8. The van der Waals surface area contributed by atoms with E-state index in [2.05, 4.69) is 48.0 Å². The Labute approximate surface area is 239 Å².